The fourth-order valence-electron chi connectivity index (χ4n) is 1.76. The smallest absolute Gasteiger partial charge is 0.321 e. The van der Waals surface area contributed by atoms with Crippen molar-refractivity contribution in [2.45, 2.75) is 6.92 Å². The first-order valence-electron chi connectivity index (χ1n) is 5.85. The topological polar surface area (TPSA) is 66.6 Å². The number of benzene rings is 1. The largest absolute Gasteiger partial charge is 0.494 e. The van der Waals surface area contributed by atoms with Crippen LogP contribution in [0.1, 0.15) is 5.56 Å². The van der Waals surface area contributed by atoms with Crippen molar-refractivity contribution < 1.29 is 10.0 Å². The van der Waals surface area contributed by atoms with Gasteiger partial charge in [-0.05, 0) is 19.1 Å². The number of nitrogens with zero attached hydrogens (tertiary/aromatic N) is 2. The molecule has 1 aromatic carbocycles. The number of anilines is 1. The molecule has 116 valence electrons. The molecule has 0 radical (unpaired) electrons. The Bertz CT molecular complexity index is 710. The van der Waals surface area contributed by atoms with Gasteiger partial charge in [0.05, 0.1) is 4.92 Å². The summed E-state index contributed by atoms with van der Waals surface area (Å²) < 4.78 is -0.420. The molecule has 2 rings (SSSR count). The molecule has 1 aliphatic heterocycles. The average Bonchev–Trinajstić information content (AvgIpc) is 2.81. The summed E-state index contributed by atoms with van der Waals surface area (Å²) in [7, 11) is 0. The van der Waals surface area contributed by atoms with Crippen molar-refractivity contribution >= 4 is 52.3 Å². The van der Waals surface area contributed by atoms with E-state index < -0.39 is 20.1 Å². The zero-order chi connectivity index (χ0) is 16.4. The lowest BCUT2D eigenvalue weighted by Gasteiger charge is -2.19. The predicted molar refractivity (Wildman–Crippen MR) is 90.6 cm³/mol. The molecule has 1 N–H and O–H groups in total. The molecule has 0 bridgehead atoms. The maximum absolute atomic E-state index is 11.3. The minimum Gasteiger partial charge on any atom is -0.494 e. The summed E-state index contributed by atoms with van der Waals surface area (Å²) in [5.74, 6) is -0.154. The van der Waals surface area contributed by atoms with Crippen molar-refractivity contribution in [3.05, 3.63) is 71.5 Å². The normalized spacial score (nSPS) is 16.4. The van der Waals surface area contributed by atoms with Crippen LogP contribution in [0.5, 0.6) is 0 Å². The first-order chi connectivity index (χ1) is 10.3. The Morgan fingerprint density at radius 1 is 1.27 bits per heavy atom. The van der Waals surface area contributed by atoms with Gasteiger partial charge < -0.3 is 5.11 Å². The van der Waals surface area contributed by atoms with Crippen LogP contribution in [-0.2, 0) is 0 Å². The molecule has 0 atom stereocenters. The van der Waals surface area contributed by atoms with Gasteiger partial charge in [-0.25, -0.2) is 0 Å². The number of aliphatic hydroxyl groups is 1. The van der Waals surface area contributed by atoms with E-state index in [0.717, 1.165) is 17.3 Å². The van der Waals surface area contributed by atoms with Gasteiger partial charge in [0.25, 0.3) is 0 Å². The van der Waals surface area contributed by atoms with Gasteiger partial charge in [-0.15, -0.1) is 0 Å². The van der Waals surface area contributed by atoms with Crippen molar-refractivity contribution in [2.75, 3.05) is 4.90 Å². The predicted octanol–water partition coefficient (Wildman–Crippen LogP) is 5.24. The van der Waals surface area contributed by atoms with Gasteiger partial charge in [-0.2, -0.15) is 0 Å². The van der Waals surface area contributed by atoms with Crippen molar-refractivity contribution in [1.29, 1.82) is 0 Å². The van der Waals surface area contributed by atoms with E-state index in [0.29, 0.717) is 5.69 Å². The van der Waals surface area contributed by atoms with Crippen LogP contribution < -0.4 is 4.90 Å². The number of thioether (sulfide) groups is 1. The minimum atomic E-state index is -0.691. The summed E-state index contributed by atoms with van der Waals surface area (Å²) in [6.45, 7) is 1.91. The Morgan fingerprint density at radius 3 is 2.36 bits per heavy atom. The van der Waals surface area contributed by atoms with E-state index in [2.05, 4.69) is 0 Å². The van der Waals surface area contributed by atoms with Gasteiger partial charge in [0.1, 0.15) is 4.49 Å². The number of aryl methyl sites for hydroxylation is 1. The third-order valence-corrected chi connectivity index (χ3v) is 4.63. The number of rotatable bonds is 3. The van der Waals surface area contributed by atoms with E-state index in [-0.39, 0.29) is 10.9 Å². The number of allylic oxidation sites excluding steroid dienone is 1. The van der Waals surface area contributed by atoms with Crippen LogP contribution in [0.4, 0.5) is 5.69 Å². The number of hydrogen-bond donors (Lipinski definition) is 1. The second-order valence-corrected chi connectivity index (χ2v) is 6.44. The van der Waals surface area contributed by atoms with E-state index >= 15 is 0 Å². The summed E-state index contributed by atoms with van der Waals surface area (Å²) >= 11 is 17.9. The molecule has 0 saturated heterocycles. The lowest BCUT2D eigenvalue weighted by molar-refractivity contribution is -0.420. The SMILES string of the molecule is Cc1ccc(N2C(O)=CS/C2=C(\C(Cl)=C(Cl)Cl)[N+](=O)[O-])cc1. The molecule has 1 aromatic rings. The molecule has 1 aliphatic rings. The maximum Gasteiger partial charge on any atom is 0.321 e. The summed E-state index contributed by atoms with van der Waals surface area (Å²) in [5, 5.41) is 22.4. The quantitative estimate of drug-likeness (QED) is 0.575. The first kappa shape index (κ1) is 17.0. The van der Waals surface area contributed by atoms with Crippen molar-refractivity contribution in [3.8, 4) is 0 Å². The van der Waals surface area contributed by atoms with Crippen molar-refractivity contribution in [1.82, 2.24) is 0 Å². The summed E-state index contributed by atoms with van der Waals surface area (Å²) in [4.78, 5) is 12.0. The summed E-state index contributed by atoms with van der Waals surface area (Å²) in [6, 6.07) is 7.09. The Labute approximate surface area is 145 Å². The van der Waals surface area contributed by atoms with Gasteiger partial charge in [0, 0.05) is 11.1 Å². The average molecular weight is 380 g/mol. The molecule has 22 heavy (non-hydrogen) atoms. The number of aliphatic hydroxyl groups excluding tert-OH is 1. The third-order valence-electron chi connectivity index (χ3n) is 2.76. The Morgan fingerprint density at radius 2 is 1.86 bits per heavy atom. The first-order valence-corrected chi connectivity index (χ1v) is 7.86. The van der Waals surface area contributed by atoms with E-state index in [1.807, 2.05) is 19.1 Å². The molecule has 0 aromatic heterocycles. The summed E-state index contributed by atoms with van der Waals surface area (Å²) in [6.07, 6.45) is 0. The number of halogens is 3. The van der Waals surface area contributed by atoms with Gasteiger partial charge in [-0.3, -0.25) is 15.0 Å². The van der Waals surface area contributed by atoms with Crippen LogP contribution in [-0.4, -0.2) is 10.0 Å². The highest BCUT2D eigenvalue weighted by Crippen LogP contribution is 2.42. The third kappa shape index (κ3) is 3.35. The highest BCUT2D eigenvalue weighted by molar-refractivity contribution is 8.06. The molecule has 0 amide bonds. The molecular weight excluding hydrogens is 371 g/mol. The van der Waals surface area contributed by atoms with Crippen molar-refractivity contribution in [3.63, 3.8) is 0 Å². The molecule has 5 nitrogen and oxygen atoms in total. The zero-order valence-corrected chi connectivity index (χ0v) is 14.2. The van der Waals surface area contributed by atoms with E-state index in [4.69, 9.17) is 34.8 Å². The summed E-state index contributed by atoms with van der Waals surface area (Å²) in [5.41, 5.74) is 1.09. The lowest BCUT2D eigenvalue weighted by atomic mass is 10.2. The number of hydrogen-bond acceptors (Lipinski definition) is 5. The highest BCUT2D eigenvalue weighted by Gasteiger charge is 2.34. The molecular formula is C13H9Cl3N2O3S. The Kier molecular flexibility index (Phi) is 5.28. The highest BCUT2D eigenvalue weighted by atomic mass is 35.5. The second-order valence-electron chi connectivity index (χ2n) is 4.25. The van der Waals surface area contributed by atoms with Crippen LogP contribution in [0.3, 0.4) is 0 Å². The monoisotopic (exact) mass is 378 g/mol. The van der Waals surface area contributed by atoms with Crippen LogP contribution in [0.25, 0.3) is 0 Å². The molecule has 0 saturated carbocycles. The van der Waals surface area contributed by atoms with Crippen LogP contribution >= 0.6 is 46.6 Å². The maximum atomic E-state index is 11.3. The van der Waals surface area contributed by atoms with Crippen LogP contribution in [0, 0.1) is 17.0 Å². The Balaban J connectivity index is 2.62. The molecule has 0 spiro atoms. The van der Waals surface area contributed by atoms with E-state index in [1.54, 1.807) is 12.1 Å². The fourth-order valence-corrected chi connectivity index (χ4v) is 3.07. The van der Waals surface area contributed by atoms with E-state index in [1.165, 1.54) is 10.3 Å². The molecule has 9 heteroatoms. The lowest BCUT2D eigenvalue weighted by Crippen LogP contribution is -2.20. The minimum absolute atomic E-state index is 0.107. The van der Waals surface area contributed by atoms with Gasteiger partial charge in [-0.1, -0.05) is 64.3 Å². The molecule has 0 unspecified atom stereocenters. The van der Waals surface area contributed by atoms with E-state index in [9.17, 15) is 15.2 Å². The van der Waals surface area contributed by atoms with Crippen LogP contribution in [0.2, 0.25) is 0 Å². The Hall–Kier alpha value is -1.34. The number of nitro groups is 1. The fraction of sp³-hybridized carbons (Fsp3) is 0.0769. The molecule has 0 fully saturated rings. The molecule has 1 heterocycles. The van der Waals surface area contributed by atoms with Gasteiger partial charge in [0.2, 0.25) is 5.88 Å². The van der Waals surface area contributed by atoms with Gasteiger partial charge >= 0.3 is 5.70 Å². The van der Waals surface area contributed by atoms with Gasteiger partial charge in [0.15, 0.2) is 10.1 Å². The second kappa shape index (κ2) is 6.83. The van der Waals surface area contributed by atoms with Crippen molar-refractivity contribution in [2.24, 2.45) is 0 Å². The van der Waals surface area contributed by atoms with Crippen LogP contribution in [0.15, 0.2) is 55.8 Å². The zero-order valence-electron chi connectivity index (χ0n) is 11.1. The standard InChI is InChI=1S/C13H9Cl3N2O3S/c1-7-2-4-8(5-3-7)17-9(19)6-22-13(17)11(18(20)21)10(14)12(15)16/h2-6,19H,1H3/b13-11+. The molecule has 0 aliphatic carbocycles.